The normalized spacial score (nSPS) is 11.2. The number of ether oxygens (including phenoxy) is 1. The molecule has 0 saturated carbocycles. The SMILES string of the molecule is Cc1ccc(C)c(OCC(=O)Nc2ccc(C(F)(F)F)cc2)c1. The summed E-state index contributed by atoms with van der Waals surface area (Å²) in [6.07, 6.45) is -4.39. The van der Waals surface area contributed by atoms with E-state index < -0.39 is 17.6 Å². The van der Waals surface area contributed by atoms with E-state index in [0.717, 1.165) is 23.3 Å². The zero-order chi connectivity index (χ0) is 17.0. The van der Waals surface area contributed by atoms with Gasteiger partial charge in [0.15, 0.2) is 6.61 Å². The van der Waals surface area contributed by atoms with E-state index in [-0.39, 0.29) is 12.3 Å². The van der Waals surface area contributed by atoms with Gasteiger partial charge in [-0.2, -0.15) is 13.2 Å². The summed E-state index contributed by atoms with van der Waals surface area (Å²) in [6.45, 7) is 3.56. The molecule has 0 bridgehead atoms. The third-order valence-electron chi connectivity index (χ3n) is 3.20. The molecule has 0 saturated heterocycles. The average Bonchev–Trinajstić information content (AvgIpc) is 2.48. The lowest BCUT2D eigenvalue weighted by molar-refractivity contribution is -0.137. The standard InChI is InChI=1S/C17H16F3NO2/c1-11-3-4-12(2)15(9-11)23-10-16(22)21-14-7-5-13(6-8-14)17(18,19)20/h3-9H,10H2,1-2H3,(H,21,22). The summed E-state index contributed by atoms with van der Waals surface area (Å²) >= 11 is 0. The predicted molar refractivity (Wildman–Crippen MR) is 81.5 cm³/mol. The molecule has 0 heterocycles. The van der Waals surface area contributed by atoms with E-state index in [1.165, 1.54) is 12.1 Å². The van der Waals surface area contributed by atoms with Crippen molar-refractivity contribution in [3.8, 4) is 5.75 Å². The largest absolute Gasteiger partial charge is 0.483 e. The van der Waals surface area contributed by atoms with Gasteiger partial charge in [0.1, 0.15) is 5.75 Å². The van der Waals surface area contributed by atoms with Crippen LogP contribution in [-0.4, -0.2) is 12.5 Å². The van der Waals surface area contributed by atoms with Gasteiger partial charge in [-0.05, 0) is 55.3 Å². The van der Waals surface area contributed by atoms with Crippen LogP contribution in [0.5, 0.6) is 5.75 Å². The fraction of sp³-hybridized carbons (Fsp3) is 0.235. The van der Waals surface area contributed by atoms with Crippen LogP contribution in [-0.2, 0) is 11.0 Å². The predicted octanol–water partition coefficient (Wildman–Crippen LogP) is 4.34. The maximum atomic E-state index is 12.5. The molecule has 0 unspecified atom stereocenters. The Kier molecular flexibility index (Phi) is 4.93. The molecule has 2 rings (SSSR count). The van der Waals surface area contributed by atoms with E-state index in [0.29, 0.717) is 5.75 Å². The first kappa shape index (κ1) is 16.9. The Morgan fingerprint density at radius 1 is 1.09 bits per heavy atom. The van der Waals surface area contributed by atoms with Crippen LogP contribution in [0, 0.1) is 13.8 Å². The summed E-state index contributed by atoms with van der Waals surface area (Å²) in [5, 5.41) is 2.49. The number of hydrogen-bond donors (Lipinski definition) is 1. The van der Waals surface area contributed by atoms with Crippen LogP contribution in [0.15, 0.2) is 42.5 Å². The van der Waals surface area contributed by atoms with Gasteiger partial charge >= 0.3 is 6.18 Å². The lowest BCUT2D eigenvalue weighted by Crippen LogP contribution is -2.20. The second-order valence-corrected chi connectivity index (χ2v) is 5.18. The second-order valence-electron chi connectivity index (χ2n) is 5.18. The monoisotopic (exact) mass is 323 g/mol. The first-order chi connectivity index (χ1) is 10.8. The highest BCUT2D eigenvalue weighted by Crippen LogP contribution is 2.29. The molecule has 23 heavy (non-hydrogen) atoms. The Labute approximate surface area is 132 Å². The quantitative estimate of drug-likeness (QED) is 0.909. The van der Waals surface area contributed by atoms with E-state index >= 15 is 0 Å². The maximum absolute atomic E-state index is 12.5. The molecule has 0 aliphatic carbocycles. The molecule has 2 aromatic rings. The number of halogens is 3. The number of nitrogens with one attached hydrogen (secondary N) is 1. The summed E-state index contributed by atoms with van der Waals surface area (Å²) < 4.78 is 42.8. The number of aryl methyl sites for hydroxylation is 2. The summed E-state index contributed by atoms with van der Waals surface area (Å²) in [5.74, 6) is 0.165. The van der Waals surface area contributed by atoms with E-state index in [4.69, 9.17) is 4.74 Å². The van der Waals surface area contributed by atoms with Crippen molar-refractivity contribution in [3.63, 3.8) is 0 Å². The molecule has 0 spiro atoms. The number of carbonyl (C=O) groups is 1. The second kappa shape index (κ2) is 6.73. The minimum absolute atomic E-state index is 0.217. The first-order valence-corrected chi connectivity index (χ1v) is 6.93. The van der Waals surface area contributed by atoms with Crippen LogP contribution in [0.3, 0.4) is 0 Å². The van der Waals surface area contributed by atoms with Gasteiger partial charge in [-0.25, -0.2) is 0 Å². The smallest absolute Gasteiger partial charge is 0.416 e. The third kappa shape index (κ3) is 4.74. The van der Waals surface area contributed by atoms with E-state index in [1.807, 2.05) is 32.0 Å². The number of benzene rings is 2. The fourth-order valence-corrected chi connectivity index (χ4v) is 1.95. The Bertz CT molecular complexity index is 694. The molecule has 1 amide bonds. The molecule has 0 radical (unpaired) electrons. The van der Waals surface area contributed by atoms with Crippen molar-refractivity contribution < 1.29 is 22.7 Å². The van der Waals surface area contributed by atoms with Gasteiger partial charge in [0.05, 0.1) is 5.56 Å². The zero-order valence-electron chi connectivity index (χ0n) is 12.7. The Morgan fingerprint density at radius 3 is 2.35 bits per heavy atom. The minimum Gasteiger partial charge on any atom is -0.483 e. The van der Waals surface area contributed by atoms with Gasteiger partial charge in [-0.3, -0.25) is 4.79 Å². The molecule has 0 aromatic heterocycles. The van der Waals surface area contributed by atoms with E-state index in [1.54, 1.807) is 0 Å². The lowest BCUT2D eigenvalue weighted by atomic mass is 10.1. The Balaban J connectivity index is 1.93. The van der Waals surface area contributed by atoms with Gasteiger partial charge in [0, 0.05) is 5.69 Å². The van der Waals surface area contributed by atoms with Gasteiger partial charge in [-0.1, -0.05) is 12.1 Å². The zero-order valence-corrected chi connectivity index (χ0v) is 12.7. The molecule has 0 fully saturated rings. The molecular formula is C17H16F3NO2. The van der Waals surface area contributed by atoms with Crippen LogP contribution < -0.4 is 10.1 Å². The molecule has 0 aliphatic rings. The van der Waals surface area contributed by atoms with E-state index in [9.17, 15) is 18.0 Å². The number of amides is 1. The van der Waals surface area contributed by atoms with Gasteiger partial charge < -0.3 is 10.1 Å². The molecule has 0 atom stereocenters. The first-order valence-electron chi connectivity index (χ1n) is 6.93. The van der Waals surface area contributed by atoms with Crippen molar-refractivity contribution in [3.05, 3.63) is 59.2 Å². The maximum Gasteiger partial charge on any atom is 0.416 e. The summed E-state index contributed by atoms with van der Waals surface area (Å²) in [6, 6.07) is 9.89. The number of hydrogen-bond acceptors (Lipinski definition) is 2. The Hall–Kier alpha value is -2.50. The van der Waals surface area contributed by atoms with Crippen molar-refractivity contribution in [2.75, 3.05) is 11.9 Å². The molecule has 122 valence electrons. The van der Waals surface area contributed by atoms with Crippen LogP contribution >= 0.6 is 0 Å². The highest BCUT2D eigenvalue weighted by molar-refractivity contribution is 5.91. The molecule has 1 N–H and O–H groups in total. The van der Waals surface area contributed by atoms with Gasteiger partial charge in [-0.15, -0.1) is 0 Å². The summed E-state index contributed by atoms with van der Waals surface area (Å²) in [4.78, 5) is 11.8. The van der Waals surface area contributed by atoms with Gasteiger partial charge in [0.25, 0.3) is 5.91 Å². The topological polar surface area (TPSA) is 38.3 Å². The lowest BCUT2D eigenvalue weighted by Gasteiger charge is -2.11. The van der Waals surface area contributed by atoms with Crippen LogP contribution in [0.4, 0.5) is 18.9 Å². The molecule has 3 nitrogen and oxygen atoms in total. The third-order valence-corrected chi connectivity index (χ3v) is 3.20. The fourth-order valence-electron chi connectivity index (χ4n) is 1.95. The number of alkyl halides is 3. The Morgan fingerprint density at radius 2 is 1.74 bits per heavy atom. The highest BCUT2D eigenvalue weighted by atomic mass is 19.4. The van der Waals surface area contributed by atoms with Gasteiger partial charge in [0.2, 0.25) is 0 Å². The molecule has 0 aliphatic heterocycles. The molecular weight excluding hydrogens is 307 g/mol. The van der Waals surface area contributed by atoms with Crippen molar-refractivity contribution in [1.82, 2.24) is 0 Å². The van der Waals surface area contributed by atoms with E-state index in [2.05, 4.69) is 5.32 Å². The van der Waals surface area contributed by atoms with Crippen molar-refractivity contribution >= 4 is 11.6 Å². The van der Waals surface area contributed by atoms with Crippen molar-refractivity contribution in [2.45, 2.75) is 20.0 Å². The number of anilines is 1. The number of carbonyl (C=O) groups excluding carboxylic acids is 1. The van der Waals surface area contributed by atoms with Crippen molar-refractivity contribution in [2.24, 2.45) is 0 Å². The molecule has 2 aromatic carbocycles. The summed E-state index contributed by atoms with van der Waals surface area (Å²) in [7, 11) is 0. The van der Waals surface area contributed by atoms with Crippen LogP contribution in [0.2, 0.25) is 0 Å². The minimum atomic E-state index is -4.39. The van der Waals surface area contributed by atoms with Crippen LogP contribution in [0.1, 0.15) is 16.7 Å². The molecule has 6 heteroatoms. The average molecular weight is 323 g/mol. The van der Waals surface area contributed by atoms with Crippen LogP contribution in [0.25, 0.3) is 0 Å². The highest BCUT2D eigenvalue weighted by Gasteiger charge is 2.29. The van der Waals surface area contributed by atoms with Crippen molar-refractivity contribution in [1.29, 1.82) is 0 Å². The summed E-state index contributed by atoms with van der Waals surface area (Å²) in [5.41, 5.74) is 1.43. The number of rotatable bonds is 4.